The quantitative estimate of drug-likeness (QED) is 0.376. The van der Waals surface area contributed by atoms with Crippen molar-refractivity contribution in [1.29, 1.82) is 0 Å². The molecule has 6 heteroatoms. The van der Waals surface area contributed by atoms with Crippen molar-refractivity contribution in [1.82, 2.24) is 5.43 Å². The number of benzene rings is 3. The standard InChI is InChI=1S/C20H17ClN2O2S/c1-13(26-16-9-7-15(21)8-10-16)20(25)23-22-12-18-17-5-3-2-4-14(17)6-11-19(18)24/h2-13,24H,1H3,(H,23,25)/b22-12-/t13-/m0/s1. The Balaban J connectivity index is 1.67. The van der Waals surface area contributed by atoms with Crippen LogP contribution in [-0.4, -0.2) is 22.5 Å². The Bertz CT molecular complexity index is 958. The first-order valence-corrected chi connectivity index (χ1v) is 9.26. The molecule has 0 aliphatic heterocycles. The molecule has 2 N–H and O–H groups in total. The molecule has 0 radical (unpaired) electrons. The number of thioether (sulfide) groups is 1. The maximum absolute atomic E-state index is 12.2. The fraction of sp³-hybridized carbons (Fsp3) is 0.100. The van der Waals surface area contributed by atoms with Crippen LogP contribution in [0.4, 0.5) is 0 Å². The van der Waals surface area contributed by atoms with Crippen LogP contribution in [0.1, 0.15) is 12.5 Å². The van der Waals surface area contributed by atoms with E-state index in [1.165, 1.54) is 18.0 Å². The topological polar surface area (TPSA) is 61.7 Å². The molecule has 3 aromatic carbocycles. The van der Waals surface area contributed by atoms with Crippen LogP contribution in [0.2, 0.25) is 5.02 Å². The van der Waals surface area contributed by atoms with Gasteiger partial charge in [-0.25, -0.2) is 5.43 Å². The number of hydrogen-bond acceptors (Lipinski definition) is 4. The van der Waals surface area contributed by atoms with Crippen LogP contribution in [0.25, 0.3) is 10.8 Å². The van der Waals surface area contributed by atoms with Gasteiger partial charge in [0.2, 0.25) is 0 Å². The number of phenols is 1. The molecule has 3 rings (SSSR count). The fourth-order valence-corrected chi connectivity index (χ4v) is 3.43. The minimum atomic E-state index is -0.325. The van der Waals surface area contributed by atoms with Gasteiger partial charge in [-0.3, -0.25) is 4.79 Å². The average Bonchev–Trinajstić information content (AvgIpc) is 2.65. The summed E-state index contributed by atoms with van der Waals surface area (Å²) in [6, 6.07) is 18.4. The zero-order valence-corrected chi connectivity index (χ0v) is 15.6. The highest BCUT2D eigenvalue weighted by Gasteiger charge is 2.13. The van der Waals surface area contributed by atoms with E-state index in [2.05, 4.69) is 10.5 Å². The lowest BCUT2D eigenvalue weighted by atomic mass is 10.0. The van der Waals surface area contributed by atoms with E-state index in [1.54, 1.807) is 25.1 Å². The largest absolute Gasteiger partial charge is 0.507 e. The summed E-state index contributed by atoms with van der Waals surface area (Å²) in [5.74, 6) is -0.105. The van der Waals surface area contributed by atoms with Crippen molar-refractivity contribution in [3.63, 3.8) is 0 Å². The number of halogens is 1. The summed E-state index contributed by atoms with van der Waals surface area (Å²) >= 11 is 7.28. The van der Waals surface area contributed by atoms with E-state index in [9.17, 15) is 9.90 Å². The SMILES string of the molecule is C[C@H](Sc1ccc(Cl)cc1)C(=O)N/N=C\c1c(O)ccc2ccccc12. The predicted octanol–water partition coefficient (Wildman–Crippen LogP) is 4.83. The number of carbonyl (C=O) groups is 1. The molecule has 0 saturated heterocycles. The van der Waals surface area contributed by atoms with Gasteiger partial charge in [0.1, 0.15) is 5.75 Å². The van der Waals surface area contributed by atoms with Crippen molar-refractivity contribution in [3.8, 4) is 5.75 Å². The number of aromatic hydroxyl groups is 1. The molecule has 0 aliphatic rings. The lowest BCUT2D eigenvalue weighted by Crippen LogP contribution is -2.26. The third-order valence-electron chi connectivity index (χ3n) is 3.81. The van der Waals surface area contributed by atoms with Gasteiger partial charge in [-0.1, -0.05) is 41.9 Å². The van der Waals surface area contributed by atoms with Gasteiger partial charge in [0.05, 0.1) is 11.5 Å². The molecule has 26 heavy (non-hydrogen) atoms. The van der Waals surface area contributed by atoms with Gasteiger partial charge in [0.15, 0.2) is 0 Å². The number of nitrogens with zero attached hydrogens (tertiary/aromatic N) is 1. The van der Waals surface area contributed by atoms with Gasteiger partial charge >= 0.3 is 0 Å². The third kappa shape index (κ3) is 4.36. The van der Waals surface area contributed by atoms with Gasteiger partial charge in [0, 0.05) is 15.5 Å². The second kappa shape index (κ2) is 8.25. The molecule has 0 saturated carbocycles. The van der Waals surface area contributed by atoms with Crippen LogP contribution >= 0.6 is 23.4 Å². The molecule has 4 nitrogen and oxygen atoms in total. The van der Waals surface area contributed by atoms with Crippen molar-refractivity contribution >= 4 is 46.3 Å². The Labute approximate surface area is 160 Å². The molecule has 3 aromatic rings. The molecule has 1 atom stereocenters. The highest BCUT2D eigenvalue weighted by molar-refractivity contribution is 8.00. The summed E-state index contributed by atoms with van der Waals surface area (Å²) in [5.41, 5.74) is 3.10. The summed E-state index contributed by atoms with van der Waals surface area (Å²) in [4.78, 5) is 13.2. The number of hydrogen-bond donors (Lipinski definition) is 2. The van der Waals surface area contributed by atoms with Crippen molar-refractivity contribution in [3.05, 3.63) is 71.2 Å². The maximum atomic E-state index is 12.2. The number of carbonyl (C=O) groups excluding carboxylic acids is 1. The number of hydrazone groups is 1. The number of amides is 1. The summed E-state index contributed by atoms with van der Waals surface area (Å²) in [6.07, 6.45) is 1.47. The molecule has 0 unspecified atom stereocenters. The zero-order chi connectivity index (χ0) is 18.5. The van der Waals surface area contributed by atoms with Crippen LogP contribution in [0.5, 0.6) is 5.75 Å². The molecule has 132 valence electrons. The van der Waals surface area contributed by atoms with E-state index in [0.29, 0.717) is 10.6 Å². The maximum Gasteiger partial charge on any atom is 0.253 e. The van der Waals surface area contributed by atoms with E-state index in [1.807, 2.05) is 42.5 Å². The minimum absolute atomic E-state index is 0.116. The Kier molecular flexibility index (Phi) is 5.81. The summed E-state index contributed by atoms with van der Waals surface area (Å²) in [5, 5.41) is 16.3. The zero-order valence-electron chi connectivity index (χ0n) is 14.0. The van der Waals surface area contributed by atoms with Crippen LogP contribution in [0.3, 0.4) is 0 Å². The highest BCUT2D eigenvalue weighted by atomic mass is 35.5. The highest BCUT2D eigenvalue weighted by Crippen LogP contribution is 2.26. The van der Waals surface area contributed by atoms with Crippen molar-refractivity contribution in [2.24, 2.45) is 5.10 Å². The van der Waals surface area contributed by atoms with Crippen molar-refractivity contribution in [2.75, 3.05) is 0 Å². The molecule has 0 aliphatic carbocycles. The summed E-state index contributed by atoms with van der Waals surface area (Å²) in [7, 11) is 0. The smallest absolute Gasteiger partial charge is 0.253 e. The summed E-state index contributed by atoms with van der Waals surface area (Å²) in [6.45, 7) is 1.81. The molecular formula is C20H17ClN2O2S. The van der Waals surface area contributed by atoms with Gasteiger partial charge in [0.25, 0.3) is 5.91 Å². The second-order valence-corrected chi connectivity index (χ2v) is 7.52. The van der Waals surface area contributed by atoms with Gasteiger partial charge < -0.3 is 5.11 Å². The van der Waals surface area contributed by atoms with Gasteiger partial charge in [-0.05, 0) is 48.0 Å². The Morgan fingerprint density at radius 2 is 1.88 bits per heavy atom. The molecule has 0 aromatic heterocycles. The monoisotopic (exact) mass is 384 g/mol. The van der Waals surface area contributed by atoms with Crippen LogP contribution in [-0.2, 0) is 4.79 Å². The molecule has 0 bridgehead atoms. The third-order valence-corrected chi connectivity index (χ3v) is 5.18. The minimum Gasteiger partial charge on any atom is -0.507 e. The van der Waals surface area contributed by atoms with E-state index in [4.69, 9.17) is 11.6 Å². The van der Waals surface area contributed by atoms with Crippen molar-refractivity contribution < 1.29 is 9.90 Å². The normalized spacial score (nSPS) is 12.4. The van der Waals surface area contributed by atoms with E-state index in [-0.39, 0.29) is 16.9 Å². The molecule has 0 spiro atoms. The second-order valence-electron chi connectivity index (χ2n) is 5.67. The first-order chi connectivity index (χ1) is 12.5. The fourth-order valence-electron chi connectivity index (χ4n) is 2.44. The van der Waals surface area contributed by atoms with E-state index >= 15 is 0 Å². The van der Waals surface area contributed by atoms with Crippen LogP contribution < -0.4 is 5.43 Å². The van der Waals surface area contributed by atoms with E-state index < -0.39 is 0 Å². The van der Waals surface area contributed by atoms with Gasteiger partial charge in [-0.2, -0.15) is 5.10 Å². The average molecular weight is 385 g/mol. The van der Waals surface area contributed by atoms with E-state index in [0.717, 1.165) is 15.7 Å². The molecule has 0 fully saturated rings. The molecule has 1 amide bonds. The summed E-state index contributed by atoms with van der Waals surface area (Å²) < 4.78 is 0. The molecule has 0 heterocycles. The lowest BCUT2D eigenvalue weighted by molar-refractivity contribution is -0.120. The number of phenolic OH excluding ortho intramolecular Hbond substituents is 1. The first kappa shape index (κ1) is 18.3. The number of nitrogens with one attached hydrogen (secondary N) is 1. The Hall–Kier alpha value is -2.50. The van der Waals surface area contributed by atoms with Gasteiger partial charge in [-0.15, -0.1) is 11.8 Å². The van der Waals surface area contributed by atoms with Crippen LogP contribution in [0, 0.1) is 0 Å². The lowest BCUT2D eigenvalue weighted by Gasteiger charge is -2.09. The first-order valence-electron chi connectivity index (χ1n) is 8.00. The Morgan fingerprint density at radius 3 is 2.65 bits per heavy atom. The number of fused-ring (bicyclic) bond motifs is 1. The van der Waals surface area contributed by atoms with Crippen molar-refractivity contribution in [2.45, 2.75) is 17.1 Å². The number of rotatable bonds is 5. The van der Waals surface area contributed by atoms with Crippen LogP contribution in [0.15, 0.2) is 70.7 Å². The molecular weight excluding hydrogens is 368 g/mol. The predicted molar refractivity (Wildman–Crippen MR) is 108 cm³/mol. The Morgan fingerprint density at radius 1 is 1.15 bits per heavy atom.